The first-order chi connectivity index (χ1) is 14.4. The summed E-state index contributed by atoms with van der Waals surface area (Å²) in [6.45, 7) is 1.10. The average Bonchev–Trinajstić information content (AvgIpc) is 3.15. The van der Waals surface area contributed by atoms with Crippen molar-refractivity contribution in [2.45, 2.75) is 61.8 Å². The molecule has 9 heteroatoms. The van der Waals surface area contributed by atoms with Gasteiger partial charge in [-0.2, -0.15) is 13.2 Å². The summed E-state index contributed by atoms with van der Waals surface area (Å²) in [6.07, 6.45) is -1.79. The fraction of sp³-hybridized carbons (Fsp3) is 0.619. The van der Waals surface area contributed by atoms with E-state index in [0.29, 0.717) is 44.1 Å². The van der Waals surface area contributed by atoms with Gasteiger partial charge in [-0.15, -0.1) is 21.8 Å². The van der Waals surface area contributed by atoms with Crippen molar-refractivity contribution in [2.24, 2.45) is 5.92 Å². The minimum atomic E-state index is -4.14. The van der Waals surface area contributed by atoms with Crippen LogP contribution in [0.5, 0.6) is 0 Å². The first-order valence-corrected chi connectivity index (χ1v) is 10.8. The molecule has 0 amide bonds. The maximum atomic E-state index is 13.1. The van der Waals surface area contributed by atoms with Gasteiger partial charge in [-0.25, -0.2) is 0 Å². The summed E-state index contributed by atoms with van der Waals surface area (Å²) in [6, 6.07) is 7.85. The van der Waals surface area contributed by atoms with E-state index in [1.165, 1.54) is 0 Å². The highest BCUT2D eigenvalue weighted by atomic mass is 35.5. The summed E-state index contributed by atoms with van der Waals surface area (Å²) in [5.74, 6) is -1.15. The normalized spacial score (nSPS) is 28.6. The number of nitrogens with zero attached hydrogens (tertiary/aromatic N) is 3. The fourth-order valence-electron chi connectivity index (χ4n) is 4.93. The van der Waals surface area contributed by atoms with Crippen LogP contribution in [0.25, 0.3) is 5.69 Å². The number of hydrogen-bond donors (Lipinski definition) is 0. The van der Waals surface area contributed by atoms with Crippen molar-refractivity contribution in [3.63, 3.8) is 0 Å². The highest BCUT2D eigenvalue weighted by Crippen LogP contribution is 2.47. The van der Waals surface area contributed by atoms with Crippen molar-refractivity contribution in [3.8, 4) is 5.69 Å². The number of para-hydroxylation sites is 1. The van der Waals surface area contributed by atoms with Crippen LogP contribution >= 0.6 is 11.6 Å². The standard InChI is InChI=1S/C21H23ClF3N3O2/c22-17-19-27-26-18(13-6-8-15(9-7-13)21(23,24)25)28(19)16-5-2-1-4-14(16)12-20(17)29-10-3-11-30-20/h1-2,4-5,13,15,17H,3,6-12H2. The van der Waals surface area contributed by atoms with E-state index in [-0.39, 0.29) is 18.8 Å². The zero-order chi connectivity index (χ0) is 20.9. The zero-order valence-electron chi connectivity index (χ0n) is 16.4. The second kappa shape index (κ2) is 7.50. The van der Waals surface area contributed by atoms with Gasteiger partial charge in [0.25, 0.3) is 0 Å². The first-order valence-electron chi connectivity index (χ1n) is 10.4. The quantitative estimate of drug-likeness (QED) is 0.579. The highest BCUT2D eigenvalue weighted by Gasteiger charge is 2.49. The van der Waals surface area contributed by atoms with Crippen LogP contribution in [0, 0.1) is 5.92 Å². The Morgan fingerprint density at radius 3 is 2.37 bits per heavy atom. The van der Waals surface area contributed by atoms with Crippen LogP contribution in [0.15, 0.2) is 24.3 Å². The Morgan fingerprint density at radius 2 is 1.67 bits per heavy atom. The molecule has 5 rings (SSSR count). The molecule has 162 valence electrons. The van der Waals surface area contributed by atoms with Crippen LogP contribution < -0.4 is 0 Å². The van der Waals surface area contributed by atoms with Crippen molar-refractivity contribution >= 4 is 11.6 Å². The Bertz CT molecular complexity index is 918. The Kier molecular flexibility index (Phi) is 5.07. The zero-order valence-corrected chi connectivity index (χ0v) is 17.1. The smallest absolute Gasteiger partial charge is 0.348 e. The molecule has 2 aromatic rings. The number of fused-ring (bicyclic) bond motifs is 3. The number of rotatable bonds is 1. The van der Waals surface area contributed by atoms with Crippen molar-refractivity contribution < 1.29 is 22.6 Å². The van der Waals surface area contributed by atoms with Crippen LogP contribution in [-0.4, -0.2) is 39.9 Å². The number of hydrogen-bond acceptors (Lipinski definition) is 4. The van der Waals surface area contributed by atoms with Crippen LogP contribution in [-0.2, 0) is 15.9 Å². The van der Waals surface area contributed by atoms with E-state index in [1.807, 2.05) is 28.8 Å². The molecule has 2 fully saturated rings. The molecule has 30 heavy (non-hydrogen) atoms. The third-order valence-electron chi connectivity index (χ3n) is 6.53. The maximum Gasteiger partial charge on any atom is 0.391 e. The molecule has 1 saturated carbocycles. The van der Waals surface area contributed by atoms with E-state index < -0.39 is 23.3 Å². The molecule has 1 spiro atoms. The van der Waals surface area contributed by atoms with Gasteiger partial charge in [0.15, 0.2) is 11.6 Å². The highest BCUT2D eigenvalue weighted by molar-refractivity contribution is 6.21. The molecule has 0 radical (unpaired) electrons. The molecule has 0 N–H and O–H groups in total. The van der Waals surface area contributed by atoms with Gasteiger partial charge < -0.3 is 9.47 Å². The summed E-state index contributed by atoms with van der Waals surface area (Å²) in [4.78, 5) is 0. The Balaban J connectivity index is 1.54. The molecule has 3 aliphatic rings. The number of alkyl halides is 4. The largest absolute Gasteiger partial charge is 0.391 e. The van der Waals surface area contributed by atoms with Gasteiger partial charge >= 0.3 is 6.18 Å². The first kappa shape index (κ1) is 20.3. The summed E-state index contributed by atoms with van der Waals surface area (Å²) in [5.41, 5.74) is 1.89. The molecule has 2 aliphatic heterocycles. The molecule has 1 unspecified atom stereocenters. The second-order valence-corrected chi connectivity index (χ2v) is 8.81. The fourth-order valence-corrected chi connectivity index (χ4v) is 5.28. The van der Waals surface area contributed by atoms with Crippen molar-refractivity contribution in [2.75, 3.05) is 13.2 Å². The lowest BCUT2D eigenvalue weighted by Crippen LogP contribution is -2.46. The third-order valence-corrected chi connectivity index (χ3v) is 7.06. The van der Waals surface area contributed by atoms with E-state index in [1.54, 1.807) is 0 Å². The molecule has 1 aromatic carbocycles. The molecular formula is C21H23ClF3N3O2. The SMILES string of the molecule is FC(F)(F)C1CCC(c2nnc3n2-c2ccccc2CC2(OCCCO2)C3Cl)CC1. The molecule has 5 nitrogen and oxygen atoms in total. The predicted octanol–water partition coefficient (Wildman–Crippen LogP) is 5.07. The molecule has 1 aromatic heterocycles. The Labute approximate surface area is 177 Å². The number of aromatic nitrogens is 3. The molecule has 1 atom stereocenters. The maximum absolute atomic E-state index is 13.1. The number of halogens is 4. The van der Waals surface area contributed by atoms with Crippen molar-refractivity contribution in [1.82, 2.24) is 14.8 Å². The van der Waals surface area contributed by atoms with E-state index in [0.717, 1.165) is 17.7 Å². The second-order valence-electron chi connectivity index (χ2n) is 8.37. The van der Waals surface area contributed by atoms with Crippen LogP contribution in [0.4, 0.5) is 13.2 Å². The molecular weight excluding hydrogens is 419 g/mol. The Hall–Kier alpha value is -1.64. The van der Waals surface area contributed by atoms with Crippen LogP contribution in [0.1, 0.15) is 60.6 Å². The van der Waals surface area contributed by atoms with Gasteiger partial charge in [0, 0.05) is 12.3 Å². The minimum Gasteiger partial charge on any atom is -0.348 e. The van der Waals surface area contributed by atoms with Gasteiger partial charge in [0.1, 0.15) is 11.2 Å². The predicted molar refractivity (Wildman–Crippen MR) is 104 cm³/mol. The van der Waals surface area contributed by atoms with Crippen molar-refractivity contribution in [3.05, 3.63) is 41.5 Å². The minimum absolute atomic E-state index is 0.0935. The van der Waals surface area contributed by atoms with Crippen molar-refractivity contribution in [1.29, 1.82) is 0 Å². The lowest BCUT2D eigenvalue weighted by molar-refractivity contribution is -0.268. The lowest BCUT2D eigenvalue weighted by atomic mass is 9.81. The lowest BCUT2D eigenvalue weighted by Gasteiger charge is -2.38. The number of benzene rings is 1. The van der Waals surface area contributed by atoms with E-state index in [2.05, 4.69) is 10.2 Å². The summed E-state index contributed by atoms with van der Waals surface area (Å²) < 4.78 is 53.4. The van der Waals surface area contributed by atoms with Crippen LogP contribution in [0.3, 0.4) is 0 Å². The molecule has 1 aliphatic carbocycles. The summed E-state index contributed by atoms with van der Waals surface area (Å²) >= 11 is 6.89. The Morgan fingerprint density at radius 1 is 1.00 bits per heavy atom. The molecule has 0 bridgehead atoms. The molecule has 3 heterocycles. The summed E-state index contributed by atoms with van der Waals surface area (Å²) in [7, 11) is 0. The monoisotopic (exact) mass is 441 g/mol. The summed E-state index contributed by atoms with van der Waals surface area (Å²) in [5, 5.41) is 8.12. The van der Waals surface area contributed by atoms with E-state index in [4.69, 9.17) is 21.1 Å². The number of ether oxygens (including phenoxy) is 2. The molecule has 1 saturated heterocycles. The van der Waals surface area contributed by atoms with Crippen LogP contribution in [0.2, 0.25) is 0 Å². The van der Waals surface area contributed by atoms with Gasteiger partial charge in [0.05, 0.1) is 24.8 Å². The van der Waals surface area contributed by atoms with Gasteiger partial charge in [-0.3, -0.25) is 4.57 Å². The topological polar surface area (TPSA) is 49.2 Å². The van der Waals surface area contributed by atoms with E-state index >= 15 is 0 Å². The third kappa shape index (κ3) is 3.33. The van der Waals surface area contributed by atoms with Gasteiger partial charge in [-0.05, 0) is 43.7 Å². The van der Waals surface area contributed by atoms with Gasteiger partial charge in [-0.1, -0.05) is 18.2 Å². The van der Waals surface area contributed by atoms with Gasteiger partial charge in [0.2, 0.25) is 0 Å². The average molecular weight is 442 g/mol. The van der Waals surface area contributed by atoms with E-state index in [9.17, 15) is 13.2 Å².